The van der Waals surface area contributed by atoms with Crippen molar-refractivity contribution in [2.24, 2.45) is 5.41 Å². The van der Waals surface area contributed by atoms with Crippen molar-refractivity contribution in [1.29, 1.82) is 0 Å². The first-order valence-electron chi connectivity index (χ1n) is 18.8. The Morgan fingerprint density at radius 1 is 0.865 bits per heavy atom. The molecule has 0 aromatic heterocycles. The van der Waals surface area contributed by atoms with Crippen LogP contribution in [0.5, 0.6) is 0 Å². The zero-order valence-corrected chi connectivity index (χ0v) is 30.2. The topological polar surface area (TPSA) is 66.8 Å². The Morgan fingerprint density at radius 3 is 2.44 bits per heavy atom. The zero-order valence-electron chi connectivity index (χ0n) is 30.2. The summed E-state index contributed by atoms with van der Waals surface area (Å²) in [6, 6.07) is 39.0. The minimum atomic E-state index is -0.690. The van der Waals surface area contributed by atoms with Crippen molar-refractivity contribution < 1.29 is 19.4 Å². The zero-order chi connectivity index (χ0) is 35.9. The van der Waals surface area contributed by atoms with E-state index in [2.05, 4.69) is 74.5 Å². The number of allylic oxidation sites excluding steroid dienone is 2. The smallest absolute Gasteiger partial charge is 0.410 e. The van der Waals surface area contributed by atoms with E-state index in [4.69, 9.17) is 4.74 Å². The first-order valence-corrected chi connectivity index (χ1v) is 18.8. The molecule has 9 rings (SSSR count). The van der Waals surface area contributed by atoms with Gasteiger partial charge in [-0.2, -0.15) is 0 Å². The summed E-state index contributed by atoms with van der Waals surface area (Å²) in [5, 5.41) is 13.3. The van der Waals surface area contributed by atoms with Gasteiger partial charge in [0, 0.05) is 23.1 Å². The number of carbonyl (C=O) groups is 2. The van der Waals surface area contributed by atoms with Crippen molar-refractivity contribution in [3.8, 4) is 11.1 Å². The van der Waals surface area contributed by atoms with Gasteiger partial charge >= 0.3 is 6.09 Å². The van der Waals surface area contributed by atoms with Crippen LogP contribution in [0.25, 0.3) is 21.9 Å². The monoisotopic (exact) mass is 689 g/mol. The summed E-state index contributed by atoms with van der Waals surface area (Å²) in [5.74, 6) is -0.0194. The van der Waals surface area contributed by atoms with Crippen LogP contribution in [0.2, 0.25) is 0 Å². The number of fused-ring (bicyclic) bond motifs is 9. The molecule has 1 N–H and O–H groups in total. The van der Waals surface area contributed by atoms with Crippen LogP contribution in [0.1, 0.15) is 90.9 Å². The third-order valence-corrected chi connectivity index (χ3v) is 12.4. The average molecular weight is 690 g/mol. The fourth-order valence-corrected chi connectivity index (χ4v) is 9.34. The number of rotatable bonds is 5. The molecule has 4 unspecified atom stereocenters. The van der Waals surface area contributed by atoms with E-state index in [1.54, 1.807) is 0 Å². The molecule has 4 aliphatic rings. The van der Waals surface area contributed by atoms with Gasteiger partial charge in [0.25, 0.3) is 0 Å². The number of hydrogen-bond acceptors (Lipinski definition) is 4. The van der Waals surface area contributed by atoms with E-state index < -0.39 is 17.1 Å². The highest BCUT2D eigenvalue weighted by Crippen LogP contribution is 2.62. The largest absolute Gasteiger partial charge is 0.440 e. The molecular weight excluding hydrogens is 643 g/mol. The molecule has 5 nitrogen and oxygen atoms in total. The summed E-state index contributed by atoms with van der Waals surface area (Å²) in [5.41, 5.74) is 6.73. The summed E-state index contributed by atoms with van der Waals surface area (Å²) in [6.07, 6.45) is 6.71. The lowest BCUT2D eigenvalue weighted by Gasteiger charge is -2.43. The predicted molar refractivity (Wildman–Crippen MR) is 207 cm³/mol. The number of nitrogens with zero attached hydrogens (tertiary/aromatic N) is 1. The molecule has 2 bridgehead atoms. The maximum atomic E-state index is 14.6. The van der Waals surface area contributed by atoms with E-state index in [1.165, 1.54) is 5.57 Å². The fraction of sp³-hybridized carbons (Fsp3) is 0.319. The van der Waals surface area contributed by atoms with Gasteiger partial charge in [-0.05, 0) is 102 Å². The summed E-state index contributed by atoms with van der Waals surface area (Å²) in [4.78, 5) is 30.4. The van der Waals surface area contributed by atoms with E-state index in [0.29, 0.717) is 37.1 Å². The second-order valence-corrected chi connectivity index (χ2v) is 15.5. The molecule has 3 aliphatic carbocycles. The highest BCUT2D eigenvalue weighted by atomic mass is 16.6. The number of ether oxygens (including phenoxy) is 1. The van der Waals surface area contributed by atoms with Crippen LogP contribution in [0.3, 0.4) is 0 Å². The van der Waals surface area contributed by atoms with Crippen LogP contribution >= 0.6 is 0 Å². The molecule has 1 heterocycles. The van der Waals surface area contributed by atoms with E-state index >= 15 is 0 Å². The van der Waals surface area contributed by atoms with Crippen LogP contribution in [0.4, 0.5) is 4.79 Å². The van der Waals surface area contributed by atoms with Gasteiger partial charge in [0.1, 0.15) is 5.60 Å². The molecule has 1 saturated carbocycles. The minimum absolute atomic E-state index is 0.00373. The van der Waals surface area contributed by atoms with Crippen molar-refractivity contribution in [1.82, 2.24) is 4.90 Å². The Labute approximate surface area is 307 Å². The van der Waals surface area contributed by atoms with Crippen molar-refractivity contribution >= 4 is 22.6 Å². The summed E-state index contributed by atoms with van der Waals surface area (Å²) >= 11 is 0. The molecule has 5 aromatic carbocycles. The van der Waals surface area contributed by atoms with Crippen LogP contribution < -0.4 is 0 Å². The Balaban J connectivity index is 1.17. The molecule has 1 amide bonds. The quantitative estimate of drug-likeness (QED) is 0.147. The Bertz CT molecular complexity index is 2150. The molecule has 5 aromatic rings. The Morgan fingerprint density at radius 2 is 1.62 bits per heavy atom. The number of amides is 1. The Kier molecular flexibility index (Phi) is 9.09. The second kappa shape index (κ2) is 13.9. The van der Waals surface area contributed by atoms with Crippen molar-refractivity contribution in [2.45, 2.75) is 83.0 Å². The van der Waals surface area contributed by atoms with Gasteiger partial charge in [-0.3, -0.25) is 9.69 Å². The average Bonchev–Trinajstić information content (AvgIpc) is 3.63. The third kappa shape index (κ3) is 6.26. The van der Waals surface area contributed by atoms with Gasteiger partial charge in [-0.25, -0.2) is 4.79 Å². The lowest BCUT2D eigenvalue weighted by Crippen LogP contribution is -2.48. The van der Waals surface area contributed by atoms with Gasteiger partial charge in [0.15, 0.2) is 5.78 Å². The molecule has 52 heavy (non-hydrogen) atoms. The molecule has 1 aliphatic heterocycles. The molecule has 5 heteroatoms. The summed E-state index contributed by atoms with van der Waals surface area (Å²) < 4.78 is 6.62. The predicted octanol–water partition coefficient (Wildman–Crippen LogP) is 10.4. The van der Waals surface area contributed by atoms with Crippen molar-refractivity contribution in [3.05, 3.63) is 155 Å². The number of hydrogen-bond donors (Lipinski definition) is 1. The number of aliphatic hydroxyl groups is 1. The molecule has 1 spiro atoms. The maximum absolute atomic E-state index is 14.6. The normalized spacial score (nSPS) is 24.8. The number of aliphatic hydroxyl groups excluding tert-OH is 1. The summed E-state index contributed by atoms with van der Waals surface area (Å²) in [6.45, 7) is 5.45. The Hall–Kier alpha value is -5.00. The highest BCUT2D eigenvalue weighted by Gasteiger charge is 2.64. The van der Waals surface area contributed by atoms with Crippen LogP contribution in [-0.4, -0.2) is 40.1 Å². The first-order chi connectivity index (χ1) is 25.2. The molecule has 0 radical (unpaired) electrons. The standard InChI is InChI=1S/C47H47NO4/c1-32-10-9-26-46(2)43(25-27-47(46)31-48(45(51)52-47)30-38-15-8-14-36-13-6-7-16-40(36)38)41-24-18-33(28-39(49)23-17-32)29-42(41)44(50)37-21-19-35(20-22-37)34-11-4-3-5-12-34/h3-8,10-16,18-22,24,29,39,43,49H,9,17,23,25-28,30-31H2,1-2H3. The minimum Gasteiger partial charge on any atom is -0.440 e. The molecule has 2 fully saturated rings. The van der Waals surface area contributed by atoms with Crippen molar-refractivity contribution in [2.75, 3.05) is 6.54 Å². The number of ketones is 1. The van der Waals surface area contributed by atoms with Gasteiger partial charge in [-0.1, -0.05) is 128 Å². The fourth-order valence-electron chi connectivity index (χ4n) is 9.34. The van der Waals surface area contributed by atoms with E-state index in [0.717, 1.165) is 70.7 Å². The van der Waals surface area contributed by atoms with Crippen LogP contribution in [-0.2, 0) is 17.7 Å². The molecule has 4 atom stereocenters. The van der Waals surface area contributed by atoms with E-state index in [-0.39, 0.29) is 17.8 Å². The van der Waals surface area contributed by atoms with E-state index in [9.17, 15) is 14.7 Å². The first kappa shape index (κ1) is 34.1. The summed E-state index contributed by atoms with van der Waals surface area (Å²) in [7, 11) is 0. The van der Waals surface area contributed by atoms with E-state index in [1.807, 2.05) is 65.6 Å². The molecule has 1 saturated heterocycles. The van der Waals surface area contributed by atoms with Gasteiger partial charge in [0.05, 0.1) is 12.6 Å². The molecular formula is C47H47NO4. The van der Waals surface area contributed by atoms with Crippen molar-refractivity contribution in [3.63, 3.8) is 0 Å². The van der Waals surface area contributed by atoms with Crippen LogP contribution in [0, 0.1) is 5.41 Å². The SMILES string of the molecule is CC1=CCCC2(C)C(CCC23CN(Cc2cccc4ccccc24)C(=O)O3)c2ccc(cc2C(=O)c2ccc(-c3ccccc3)cc2)CC(O)CC1. The number of benzene rings is 5. The molecule has 264 valence electrons. The lowest BCUT2D eigenvalue weighted by molar-refractivity contribution is -0.0373. The second-order valence-electron chi connectivity index (χ2n) is 15.5. The van der Waals surface area contributed by atoms with Gasteiger partial charge in [-0.15, -0.1) is 0 Å². The lowest BCUT2D eigenvalue weighted by atomic mass is 9.64. The van der Waals surface area contributed by atoms with Gasteiger partial charge in [0.2, 0.25) is 0 Å². The highest BCUT2D eigenvalue weighted by molar-refractivity contribution is 6.10. The number of carbonyl (C=O) groups excluding carboxylic acids is 2. The van der Waals surface area contributed by atoms with Crippen LogP contribution in [0.15, 0.2) is 127 Å². The van der Waals surface area contributed by atoms with Gasteiger partial charge < -0.3 is 9.84 Å². The maximum Gasteiger partial charge on any atom is 0.410 e. The third-order valence-electron chi connectivity index (χ3n) is 12.4.